The van der Waals surface area contributed by atoms with Gasteiger partial charge in [-0.3, -0.25) is 9.59 Å². The molecular weight excluding hydrogens is 530 g/mol. The number of para-hydroxylation sites is 1. The quantitative estimate of drug-likeness (QED) is 0.423. The third kappa shape index (κ3) is 7.32. The molecule has 0 radical (unpaired) electrons. The van der Waals surface area contributed by atoms with Gasteiger partial charge in [-0.2, -0.15) is 12.7 Å². The van der Waals surface area contributed by atoms with E-state index in [4.69, 9.17) is 23.2 Å². The molecule has 0 aromatic heterocycles. The van der Waals surface area contributed by atoms with E-state index in [2.05, 4.69) is 5.32 Å². The fraction of sp³-hybridized carbons (Fsp3) is 0.417. The van der Waals surface area contributed by atoms with E-state index in [-0.39, 0.29) is 29.6 Å². The number of rotatable bonds is 12. The molecule has 0 fully saturated rings. The van der Waals surface area contributed by atoms with Gasteiger partial charge in [0.2, 0.25) is 11.8 Å². The van der Waals surface area contributed by atoms with E-state index in [1.807, 2.05) is 6.92 Å². The third-order valence-corrected chi connectivity index (χ3v) is 7.82. The molecule has 1 N–H and O–H groups in total. The molecule has 0 aliphatic carbocycles. The van der Waals surface area contributed by atoms with Crippen LogP contribution in [-0.4, -0.2) is 62.7 Å². The van der Waals surface area contributed by atoms with Crippen LogP contribution in [0.5, 0.6) is 0 Å². The highest BCUT2D eigenvalue weighted by molar-refractivity contribution is 7.90. The van der Waals surface area contributed by atoms with Crippen molar-refractivity contribution in [3.8, 4) is 0 Å². The van der Waals surface area contributed by atoms with Gasteiger partial charge in [0.15, 0.2) is 0 Å². The van der Waals surface area contributed by atoms with Crippen molar-refractivity contribution in [3.05, 3.63) is 63.9 Å². The number of carbonyl (C=O) groups excluding carboxylic acids is 2. The van der Waals surface area contributed by atoms with Crippen LogP contribution in [0.3, 0.4) is 0 Å². The molecule has 8 nitrogen and oxygen atoms in total. The smallest absolute Gasteiger partial charge is 0.304 e. The Labute approximate surface area is 222 Å². The molecule has 0 saturated heterocycles. The van der Waals surface area contributed by atoms with Gasteiger partial charge in [0, 0.05) is 37.2 Å². The summed E-state index contributed by atoms with van der Waals surface area (Å²) >= 11 is 12.3. The molecule has 0 aliphatic rings. The van der Waals surface area contributed by atoms with E-state index in [0.717, 1.165) is 10.4 Å². The van der Waals surface area contributed by atoms with Crippen molar-refractivity contribution in [2.24, 2.45) is 0 Å². The summed E-state index contributed by atoms with van der Waals surface area (Å²) in [6, 6.07) is 9.10. The monoisotopic (exact) mass is 560 g/mol. The van der Waals surface area contributed by atoms with Gasteiger partial charge in [0.1, 0.15) is 18.4 Å². The molecule has 0 unspecified atom stereocenters. The van der Waals surface area contributed by atoms with Crippen molar-refractivity contribution in [2.45, 2.75) is 39.3 Å². The highest BCUT2D eigenvalue weighted by atomic mass is 35.5. The van der Waals surface area contributed by atoms with E-state index in [1.165, 1.54) is 43.3 Å². The first-order valence-corrected chi connectivity index (χ1v) is 13.5. The summed E-state index contributed by atoms with van der Waals surface area (Å²) in [6.07, 6.45) is 0.952. The summed E-state index contributed by atoms with van der Waals surface area (Å²) < 4.78 is 42.5. The molecule has 1 atom stereocenters. The second kappa shape index (κ2) is 13.2. The van der Waals surface area contributed by atoms with Crippen LogP contribution in [0.1, 0.15) is 32.3 Å². The first kappa shape index (κ1) is 29.8. The van der Waals surface area contributed by atoms with Crippen molar-refractivity contribution in [2.75, 3.05) is 31.5 Å². The maximum Gasteiger partial charge on any atom is 0.304 e. The minimum atomic E-state index is -4.26. The molecule has 2 aromatic carbocycles. The minimum Gasteiger partial charge on any atom is -0.354 e. The van der Waals surface area contributed by atoms with Gasteiger partial charge in [-0.25, -0.2) is 8.70 Å². The summed E-state index contributed by atoms with van der Waals surface area (Å²) in [6.45, 7) is 3.24. The number of anilines is 1. The number of hydrogen-bond donors (Lipinski definition) is 1. The summed E-state index contributed by atoms with van der Waals surface area (Å²) in [7, 11) is -1.69. The van der Waals surface area contributed by atoms with Crippen LogP contribution >= 0.6 is 23.2 Å². The van der Waals surface area contributed by atoms with E-state index in [1.54, 1.807) is 19.1 Å². The highest BCUT2D eigenvalue weighted by Crippen LogP contribution is 2.26. The standard InChI is InChI=1S/C24H31Cl2FN4O4S/c1-5-13-28-24(33)21(6-2)30(15-17-11-12-18(25)14-19(17)26)23(32)16-31(36(34,35)29(3)4)22-10-8-7-9-20(22)27/h7-12,14,21H,5-6,13,15-16H2,1-4H3,(H,28,33)/t21-/m1/s1. The second-order valence-corrected chi connectivity index (χ2v) is 11.1. The number of amides is 2. The van der Waals surface area contributed by atoms with E-state index in [0.29, 0.717) is 27.9 Å². The summed E-state index contributed by atoms with van der Waals surface area (Å²) in [4.78, 5) is 27.9. The Hall–Kier alpha value is -2.40. The van der Waals surface area contributed by atoms with Crippen molar-refractivity contribution in [1.29, 1.82) is 0 Å². The van der Waals surface area contributed by atoms with Crippen molar-refractivity contribution in [1.82, 2.24) is 14.5 Å². The average Bonchev–Trinajstić information content (AvgIpc) is 2.82. The molecule has 0 saturated carbocycles. The molecule has 2 rings (SSSR count). The number of halogens is 3. The zero-order valence-electron chi connectivity index (χ0n) is 20.7. The first-order chi connectivity index (χ1) is 16.9. The van der Waals surface area contributed by atoms with E-state index >= 15 is 0 Å². The predicted octanol–water partition coefficient (Wildman–Crippen LogP) is 4.08. The molecule has 0 bridgehead atoms. The predicted molar refractivity (Wildman–Crippen MR) is 141 cm³/mol. The third-order valence-electron chi connectivity index (χ3n) is 5.43. The molecule has 198 valence electrons. The Morgan fingerprint density at radius 3 is 2.31 bits per heavy atom. The lowest BCUT2D eigenvalue weighted by atomic mass is 10.1. The number of nitrogens with zero attached hydrogens (tertiary/aromatic N) is 3. The summed E-state index contributed by atoms with van der Waals surface area (Å²) in [5.74, 6) is -1.89. The van der Waals surface area contributed by atoms with Crippen LogP contribution in [0.15, 0.2) is 42.5 Å². The van der Waals surface area contributed by atoms with Crippen molar-refractivity contribution < 1.29 is 22.4 Å². The number of hydrogen-bond acceptors (Lipinski definition) is 4. The summed E-state index contributed by atoms with van der Waals surface area (Å²) in [5, 5.41) is 3.47. The zero-order valence-corrected chi connectivity index (χ0v) is 23.0. The Kier molecular flexibility index (Phi) is 11.0. The van der Waals surface area contributed by atoms with Crippen LogP contribution < -0.4 is 9.62 Å². The lowest BCUT2D eigenvalue weighted by Gasteiger charge is -2.34. The van der Waals surface area contributed by atoms with Gasteiger partial charge in [-0.15, -0.1) is 0 Å². The van der Waals surface area contributed by atoms with Gasteiger partial charge < -0.3 is 10.2 Å². The topological polar surface area (TPSA) is 90.0 Å². The van der Waals surface area contributed by atoms with Crippen LogP contribution in [0, 0.1) is 5.82 Å². The largest absolute Gasteiger partial charge is 0.354 e. The molecular formula is C24H31Cl2FN4O4S. The van der Waals surface area contributed by atoms with Crippen LogP contribution in [-0.2, 0) is 26.3 Å². The molecule has 0 aliphatic heterocycles. The maximum absolute atomic E-state index is 14.7. The SMILES string of the molecule is CCCNC(=O)[C@@H](CC)N(Cc1ccc(Cl)cc1Cl)C(=O)CN(c1ccccc1F)S(=O)(=O)N(C)C. The van der Waals surface area contributed by atoms with Crippen LogP contribution in [0.25, 0.3) is 0 Å². The second-order valence-electron chi connectivity index (χ2n) is 8.22. The molecule has 12 heteroatoms. The highest BCUT2D eigenvalue weighted by Gasteiger charge is 2.34. The van der Waals surface area contributed by atoms with Gasteiger partial charge >= 0.3 is 10.2 Å². The van der Waals surface area contributed by atoms with Crippen LogP contribution in [0.2, 0.25) is 10.0 Å². The average molecular weight is 562 g/mol. The fourth-order valence-electron chi connectivity index (χ4n) is 3.47. The van der Waals surface area contributed by atoms with Crippen molar-refractivity contribution >= 4 is 50.9 Å². The fourth-order valence-corrected chi connectivity index (χ4v) is 5.01. The van der Waals surface area contributed by atoms with Crippen LogP contribution in [0.4, 0.5) is 10.1 Å². The van der Waals surface area contributed by atoms with Crippen molar-refractivity contribution in [3.63, 3.8) is 0 Å². The minimum absolute atomic E-state index is 0.0833. The molecule has 36 heavy (non-hydrogen) atoms. The Balaban J connectivity index is 2.54. The molecule has 0 heterocycles. The molecule has 2 amide bonds. The molecule has 0 spiro atoms. The van der Waals surface area contributed by atoms with Gasteiger partial charge in [-0.05, 0) is 42.7 Å². The van der Waals surface area contributed by atoms with Gasteiger partial charge in [0.25, 0.3) is 0 Å². The Morgan fingerprint density at radius 1 is 1.08 bits per heavy atom. The first-order valence-electron chi connectivity index (χ1n) is 11.4. The number of carbonyl (C=O) groups is 2. The normalized spacial score (nSPS) is 12.3. The number of benzene rings is 2. The van der Waals surface area contributed by atoms with E-state index < -0.39 is 34.5 Å². The molecule has 2 aromatic rings. The Bertz CT molecular complexity index is 1180. The lowest BCUT2D eigenvalue weighted by Crippen LogP contribution is -2.53. The lowest BCUT2D eigenvalue weighted by molar-refractivity contribution is -0.140. The maximum atomic E-state index is 14.7. The Morgan fingerprint density at radius 2 is 1.75 bits per heavy atom. The van der Waals surface area contributed by atoms with Gasteiger partial charge in [0.05, 0.1) is 5.69 Å². The van der Waals surface area contributed by atoms with Gasteiger partial charge in [-0.1, -0.05) is 55.2 Å². The zero-order chi connectivity index (χ0) is 27.0. The summed E-state index contributed by atoms with van der Waals surface area (Å²) in [5.41, 5.74) is 0.233. The number of nitrogens with one attached hydrogen (secondary N) is 1. The van der Waals surface area contributed by atoms with E-state index in [9.17, 15) is 22.4 Å².